The van der Waals surface area contributed by atoms with Crippen LogP contribution in [0, 0.1) is 6.92 Å². The van der Waals surface area contributed by atoms with E-state index in [1.807, 2.05) is 13.8 Å². The predicted octanol–water partition coefficient (Wildman–Crippen LogP) is 0.900. The molecule has 0 aliphatic heterocycles. The van der Waals surface area contributed by atoms with E-state index in [0.29, 0.717) is 18.8 Å². The molecule has 0 saturated heterocycles. The first-order valence-electron chi connectivity index (χ1n) is 5.05. The molecule has 0 radical (unpaired) electrons. The quantitative estimate of drug-likeness (QED) is 0.819. The Bertz CT molecular complexity index is 423. The van der Waals surface area contributed by atoms with Gasteiger partial charge in [0.25, 0.3) is 0 Å². The van der Waals surface area contributed by atoms with E-state index in [0.717, 1.165) is 6.42 Å². The van der Waals surface area contributed by atoms with Gasteiger partial charge in [0, 0.05) is 13.1 Å². The molecule has 0 aliphatic rings. The second kappa shape index (κ2) is 4.76. The third-order valence-corrected chi connectivity index (χ3v) is 3.75. The Balaban J connectivity index is 3.00. The van der Waals surface area contributed by atoms with Crippen LogP contribution in [0.5, 0.6) is 0 Å². The van der Waals surface area contributed by atoms with Crippen LogP contribution in [0.4, 0.5) is 0 Å². The monoisotopic (exact) mass is 231 g/mol. The van der Waals surface area contributed by atoms with Crippen molar-refractivity contribution >= 4 is 10.0 Å². The zero-order chi connectivity index (χ0) is 11.5. The first-order chi connectivity index (χ1) is 7.03. The number of rotatable bonds is 5. The van der Waals surface area contributed by atoms with E-state index in [2.05, 4.69) is 9.82 Å². The molecule has 6 heteroatoms. The van der Waals surface area contributed by atoms with Crippen LogP contribution >= 0.6 is 0 Å². The Morgan fingerprint density at radius 3 is 2.60 bits per heavy atom. The van der Waals surface area contributed by atoms with Gasteiger partial charge < -0.3 is 0 Å². The molecule has 0 saturated carbocycles. The van der Waals surface area contributed by atoms with Gasteiger partial charge in [-0.05, 0) is 20.3 Å². The summed E-state index contributed by atoms with van der Waals surface area (Å²) in [7, 11) is -3.38. The molecular formula is C9H17N3O2S. The smallest absolute Gasteiger partial charge is 0.243 e. The third-order valence-electron chi connectivity index (χ3n) is 2.19. The van der Waals surface area contributed by atoms with Crippen molar-refractivity contribution in [3.05, 3.63) is 11.9 Å². The number of aryl methyl sites for hydroxylation is 1. The van der Waals surface area contributed by atoms with Crippen molar-refractivity contribution in [2.75, 3.05) is 6.54 Å². The molecule has 0 amide bonds. The van der Waals surface area contributed by atoms with Crippen molar-refractivity contribution in [1.82, 2.24) is 14.5 Å². The molecule has 0 bridgehead atoms. The van der Waals surface area contributed by atoms with Crippen molar-refractivity contribution in [3.63, 3.8) is 0 Å². The molecule has 5 nitrogen and oxygen atoms in total. The summed E-state index contributed by atoms with van der Waals surface area (Å²) in [5.74, 6) is 0. The predicted molar refractivity (Wildman–Crippen MR) is 58.1 cm³/mol. The molecule has 0 unspecified atom stereocenters. The van der Waals surface area contributed by atoms with Gasteiger partial charge in [-0.15, -0.1) is 0 Å². The standard InChI is InChI=1S/C9H17N3O2S/c1-4-6-11-15(13,14)9-7-10-12(5-2)8(9)3/h7,11H,4-6H2,1-3H3. The van der Waals surface area contributed by atoms with Gasteiger partial charge in [0.1, 0.15) is 4.90 Å². The maximum Gasteiger partial charge on any atom is 0.243 e. The van der Waals surface area contributed by atoms with E-state index in [4.69, 9.17) is 0 Å². The number of nitrogens with zero attached hydrogens (tertiary/aromatic N) is 2. The van der Waals surface area contributed by atoms with Crippen LogP contribution in [0.15, 0.2) is 11.1 Å². The van der Waals surface area contributed by atoms with Crippen LogP contribution in [0.1, 0.15) is 26.0 Å². The fraction of sp³-hybridized carbons (Fsp3) is 0.667. The van der Waals surface area contributed by atoms with Crippen LogP contribution in [0.2, 0.25) is 0 Å². The van der Waals surface area contributed by atoms with Crippen LogP contribution in [-0.4, -0.2) is 24.7 Å². The van der Waals surface area contributed by atoms with E-state index >= 15 is 0 Å². The minimum absolute atomic E-state index is 0.276. The van der Waals surface area contributed by atoms with Crippen molar-refractivity contribution in [2.24, 2.45) is 0 Å². The average Bonchev–Trinajstić information content (AvgIpc) is 2.57. The summed E-state index contributed by atoms with van der Waals surface area (Å²) in [6.07, 6.45) is 2.18. The Morgan fingerprint density at radius 2 is 2.13 bits per heavy atom. The molecule has 86 valence electrons. The van der Waals surface area contributed by atoms with Gasteiger partial charge in [0.2, 0.25) is 10.0 Å². The Kier molecular flexibility index (Phi) is 3.87. The molecule has 1 heterocycles. The van der Waals surface area contributed by atoms with Crippen LogP contribution in [0.3, 0.4) is 0 Å². The van der Waals surface area contributed by atoms with Crippen molar-refractivity contribution in [2.45, 2.75) is 38.6 Å². The molecule has 0 aliphatic carbocycles. The number of hydrogen-bond acceptors (Lipinski definition) is 3. The Hall–Kier alpha value is -0.880. The third kappa shape index (κ3) is 2.57. The summed E-state index contributed by atoms with van der Waals surface area (Å²) in [4.78, 5) is 0.276. The number of sulfonamides is 1. The van der Waals surface area contributed by atoms with E-state index < -0.39 is 10.0 Å². The van der Waals surface area contributed by atoms with Crippen LogP contribution in [-0.2, 0) is 16.6 Å². The summed E-state index contributed by atoms with van der Waals surface area (Å²) in [5, 5.41) is 4.01. The van der Waals surface area contributed by atoms with E-state index in [1.165, 1.54) is 6.20 Å². The first kappa shape index (κ1) is 12.2. The molecule has 15 heavy (non-hydrogen) atoms. The highest BCUT2D eigenvalue weighted by Crippen LogP contribution is 2.13. The molecule has 0 atom stereocenters. The second-order valence-electron chi connectivity index (χ2n) is 3.31. The number of nitrogens with one attached hydrogen (secondary N) is 1. The molecule has 0 spiro atoms. The zero-order valence-corrected chi connectivity index (χ0v) is 10.1. The van der Waals surface area contributed by atoms with Crippen molar-refractivity contribution in [1.29, 1.82) is 0 Å². The maximum atomic E-state index is 11.8. The lowest BCUT2D eigenvalue weighted by molar-refractivity contribution is 0.578. The van der Waals surface area contributed by atoms with E-state index in [9.17, 15) is 8.42 Å². The van der Waals surface area contributed by atoms with Gasteiger partial charge in [-0.1, -0.05) is 6.92 Å². The second-order valence-corrected chi connectivity index (χ2v) is 5.04. The molecule has 0 aromatic carbocycles. The summed E-state index contributed by atoms with van der Waals surface area (Å²) in [5.41, 5.74) is 0.682. The van der Waals surface area contributed by atoms with Crippen molar-refractivity contribution in [3.8, 4) is 0 Å². The lowest BCUT2D eigenvalue weighted by Gasteiger charge is -2.05. The molecule has 1 N–H and O–H groups in total. The van der Waals surface area contributed by atoms with E-state index in [1.54, 1.807) is 11.6 Å². The molecule has 0 fully saturated rings. The molecule has 1 aromatic rings. The van der Waals surface area contributed by atoms with Crippen LogP contribution < -0.4 is 4.72 Å². The number of hydrogen-bond donors (Lipinski definition) is 1. The lowest BCUT2D eigenvalue weighted by Crippen LogP contribution is -2.24. The van der Waals surface area contributed by atoms with E-state index in [-0.39, 0.29) is 4.90 Å². The zero-order valence-electron chi connectivity index (χ0n) is 9.32. The van der Waals surface area contributed by atoms with Gasteiger partial charge in [0.05, 0.1) is 11.9 Å². The minimum Gasteiger partial charge on any atom is -0.269 e. The summed E-state index contributed by atoms with van der Waals surface area (Å²) in [6.45, 7) is 6.74. The number of aromatic nitrogens is 2. The fourth-order valence-electron chi connectivity index (χ4n) is 1.33. The summed E-state index contributed by atoms with van der Waals surface area (Å²) in [6, 6.07) is 0. The molecule has 1 aromatic heterocycles. The average molecular weight is 231 g/mol. The molecule has 1 rings (SSSR count). The van der Waals surface area contributed by atoms with Crippen molar-refractivity contribution < 1.29 is 8.42 Å². The van der Waals surface area contributed by atoms with Crippen LogP contribution in [0.25, 0.3) is 0 Å². The first-order valence-corrected chi connectivity index (χ1v) is 6.53. The Labute approximate surface area is 90.5 Å². The highest BCUT2D eigenvalue weighted by atomic mass is 32.2. The SMILES string of the molecule is CCCNS(=O)(=O)c1cnn(CC)c1C. The van der Waals surface area contributed by atoms with Gasteiger partial charge >= 0.3 is 0 Å². The maximum absolute atomic E-state index is 11.8. The lowest BCUT2D eigenvalue weighted by atomic mass is 10.5. The molecular weight excluding hydrogens is 214 g/mol. The highest BCUT2D eigenvalue weighted by Gasteiger charge is 2.19. The van der Waals surface area contributed by atoms with Gasteiger partial charge in [-0.3, -0.25) is 4.68 Å². The van der Waals surface area contributed by atoms with Gasteiger partial charge in [-0.25, -0.2) is 13.1 Å². The summed E-state index contributed by atoms with van der Waals surface area (Å²) >= 11 is 0. The minimum atomic E-state index is -3.38. The summed E-state index contributed by atoms with van der Waals surface area (Å²) < 4.78 is 27.7. The topological polar surface area (TPSA) is 64.0 Å². The normalized spacial score (nSPS) is 11.9. The fourth-order valence-corrected chi connectivity index (χ4v) is 2.63. The largest absolute Gasteiger partial charge is 0.269 e. The van der Waals surface area contributed by atoms with Gasteiger partial charge in [0.15, 0.2) is 0 Å². The Morgan fingerprint density at radius 1 is 1.47 bits per heavy atom. The highest BCUT2D eigenvalue weighted by molar-refractivity contribution is 7.89. The van der Waals surface area contributed by atoms with Gasteiger partial charge in [-0.2, -0.15) is 5.10 Å².